The fourth-order valence-electron chi connectivity index (χ4n) is 4.33. The second kappa shape index (κ2) is 9.56. The number of amides is 1. The minimum Gasteiger partial charge on any atom is -0.371 e. The van der Waals surface area contributed by atoms with Gasteiger partial charge in [-0.25, -0.2) is 12.8 Å². The van der Waals surface area contributed by atoms with Crippen molar-refractivity contribution in [3.63, 3.8) is 0 Å². The van der Waals surface area contributed by atoms with Gasteiger partial charge in [-0.15, -0.1) is 0 Å². The van der Waals surface area contributed by atoms with Gasteiger partial charge in [-0.2, -0.15) is 4.31 Å². The molecule has 7 nitrogen and oxygen atoms in total. The molecule has 172 valence electrons. The normalized spacial score (nSPS) is 18.1. The van der Waals surface area contributed by atoms with Crippen molar-refractivity contribution in [2.24, 2.45) is 0 Å². The number of anilines is 2. The van der Waals surface area contributed by atoms with E-state index < -0.39 is 15.8 Å². The number of carbonyl (C=O) groups is 1. The molecule has 0 bridgehead atoms. The molecular formula is C23H29FN4O3S. The first-order valence-electron chi connectivity index (χ1n) is 11.0. The zero-order valence-corrected chi connectivity index (χ0v) is 19.1. The average molecular weight is 461 g/mol. The molecule has 2 aromatic rings. The second-order valence-electron chi connectivity index (χ2n) is 8.38. The minimum atomic E-state index is -3.66. The molecular weight excluding hydrogens is 431 g/mol. The van der Waals surface area contributed by atoms with Crippen LogP contribution < -0.4 is 10.2 Å². The number of aryl methyl sites for hydroxylation is 1. The predicted octanol–water partition coefficient (Wildman–Crippen LogP) is 2.68. The van der Waals surface area contributed by atoms with E-state index in [1.165, 1.54) is 35.0 Å². The monoisotopic (exact) mass is 460 g/mol. The Bertz CT molecular complexity index is 1060. The molecule has 2 fully saturated rings. The van der Waals surface area contributed by atoms with Gasteiger partial charge in [0, 0.05) is 50.6 Å². The summed E-state index contributed by atoms with van der Waals surface area (Å²) in [5.41, 5.74) is 3.14. The Balaban J connectivity index is 1.29. The van der Waals surface area contributed by atoms with Crippen LogP contribution in [0.25, 0.3) is 0 Å². The Morgan fingerprint density at radius 1 is 0.969 bits per heavy atom. The van der Waals surface area contributed by atoms with Gasteiger partial charge in [-0.05, 0) is 67.8 Å². The summed E-state index contributed by atoms with van der Waals surface area (Å²) in [6.07, 6.45) is 2.44. The molecule has 4 rings (SSSR count). The van der Waals surface area contributed by atoms with Gasteiger partial charge in [0.1, 0.15) is 5.82 Å². The highest BCUT2D eigenvalue weighted by Gasteiger charge is 2.29. The Labute approximate surface area is 188 Å². The fraction of sp³-hybridized carbons (Fsp3) is 0.435. The van der Waals surface area contributed by atoms with Crippen LogP contribution in [0.1, 0.15) is 18.4 Å². The maximum atomic E-state index is 13.1. The van der Waals surface area contributed by atoms with Crippen LogP contribution in [0.4, 0.5) is 15.8 Å². The van der Waals surface area contributed by atoms with Gasteiger partial charge in [0.2, 0.25) is 15.9 Å². The highest BCUT2D eigenvalue weighted by atomic mass is 32.2. The first kappa shape index (κ1) is 22.7. The summed E-state index contributed by atoms with van der Waals surface area (Å²) in [6.45, 7) is 5.92. The summed E-state index contributed by atoms with van der Waals surface area (Å²) in [6, 6.07) is 10.8. The Morgan fingerprint density at radius 3 is 2.25 bits per heavy atom. The number of halogens is 1. The fourth-order valence-corrected chi connectivity index (χ4v) is 5.76. The maximum Gasteiger partial charge on any atom is 0.243 e. The van der Waals surface area contributed by atoms with Crippen LogP contribution in [0.15, 0.2) is 47.4 Å². The summed E-state index contributed by atoms with van der Waals surface area (Å²) in [7, 11) is -3.66. The van der Waals surface area contributed by atoms with Crippen molar-refractivity contribution in [2.45, 2.75) is 24.7 Å². The number of carbonyl (C=O) groups excluding carboxylic acids is 1. The van der Waals surface area contributed by atoms with Crippen molar-refractivity contribution in [3.05, 3.63) is 53.8 Å². The van der Waals surface area contributed by atoms with Crippen molar-refractivity contribution in [2.75, 3.05) is 56.0 Å². The molecule has 2 heterocycles. The zero-order valence-electron chi connectivity index (χ0n) is 18.3. The minimum absolute atomic E-state index is 0.0813. The van der Waals surface area contributed by atoms with E-state index in [4.69, 9.17) is 0 Å². The molecule has 1 amide bonds. The second-order valence-corrected chi connectivity index (χ2v) is 10.3. The largest absolute Gasteiger partial charge is 0.371 e. The quantitative estimate of drug-likeness (QED) is 0.718. The molecule has 0 radical (unpaired) electrons. The molecule has 32 heavy (non-hydrogen) atoms. The number of hydrogen-bond donors (Lipinski definition) is 1. The van der Waals surface area contributed by atoms with Crippen molar-refractivity contribution in [1.82, 2.24) is 9.21 Å². The molecule has 0 aromatic heterocycles. The van der Waals surface area contributed by atoms with Crippen molar-refractivity contribution < 1.29 is 17.6 Å². The Hall–Kier alpha value is -2.49. The van der Waals surface area contributed by atoms with Crippen LogP contribution in [0, 0.1) is 12.7 Å². The SMILES string of the molecule is Cc1cc(NC(=O)CN2CCN(S(=O)(=O)c3ccc(F)cc3)CC2)ccc1N1CCCC1. The summed E-state index contributed by atoms with van der Waals surface area (Å²) < 4.78 is 39.9. The van der Waals surface area contributed by atoms with E-state index >= 15 is 0 Å². The Kier molecular flexibility index (Phi) is 6.78. The highest BCUT2D eigenvalue weighted by Crippen LogP contribution is 2.26. The van der Waals surface area contributed by atoms with Gasteiger partial charge < -0.3 is 10.2 Å². The first-order valence-corrected chi connectivity index (χ1v) is 12.4. The lowest BCUT2D eigenvalue weighted by molar-refractivity contribution is -0.117. The summed E-state index contributed by atoms with van der Waals surface area (Å²) in [5.74, 6) is -0.589. The van der Waals surface area contributed by atoms with E-state index in [0.717, 1.165) is 36.5 Å². The van der Waals surface area contributed by atoms with Crippen LogP contribution in [-0.2, 0) is 14.8 Å². The summed E-state index contributed by atoms with van der Waals surface area (Å²) in [4.78, 5) is 16.9. The van der Waals surface area contributed by atoms with Crippen LogP contribution >= 0.6 is 0 Å². The smallest absolute Gasteiger partial charge is 0.243 e. The molecule has 2 aliphatic heterocycles. The van der Waals surface area contributed by atoms with E-state index in [1.807, 2.05) is 17.0 Å². The highest BCUT2D eigenvalue weighted by molar-refractivity contribution is 7.89. The van der Waals surface area contributed by atoms with Gasteiger partial charge in [-0.1, -0.05) is 0 Å². The standard InChI is InChI=1S/C23H29FN4O3S/c1-18-16-20(6-9-22(18)27-10-2-3-11-27)25-23(29)17-26-12-14-28(15-13-26)32(30,31)21-7-4-19(24)5-8-21/h4-9,16H,2-3,10-15,17H2,1H3,(H,25,29). The van der Waals surface area contributed by atoms with Crippen molar-refractivity contribution in [3.8, 4) is 0 Å². The van der Waals surface area contributed by atoms with Gasteiger partial charge >= 0.3 is 0 Å². The molecule has 0 aliphatic carbocycles. The molecule has 0 unspecified atom stereocenters. The van der Waals surface area contributed by atoms with E-state index in [2.05, 4.69) is 23.2 Å². The zero-order chi connectivity index (χ0) is 22.7. The van der Waals surface area contributed by atoms with Crippen molar-refractivity contribution >= 4 is 27.3 Å². The van der Waals surface area contributed by atoms with Crippen LogP contribution in [0.5, 0.6) is 0 Å². The molecule has 2 aromatic carbocycles. The number of nitrogens with zero attached hydrogens (tertiary/aromatic N) is 3. The predicted molar refractivity (Wildman–Crippen MR) is 123 cm³/mol. The van der Waals surface area contributed by atoms with Crippen LogP contribution in [0.3, 0.4) is 0 Å². The van der Waals surface area contributed by atoms with Crippen LogP contribution in [0.2, 0.25) is 0 Å². The number of piperazine rings is 1. The first-order chi connectivity index (χ1) is 15.3. The third kappa shape index (κ3) is 5.11. The van der Waals surface area contributed by atoms with E-state index in [1.54, 1.807) is 0 Å². The van der Waals surface area contributed by atoms with E-state index in [-0.39, 0.29) is 30.4 Å². The number of hydrogen-bond acceptors (Lipinski definition) is 5. The lowest BCUT2D eigenvalue weighted by atomic mass is 10.1. The third-order valence-electron chi connectivity index (χ3n) is 6.08. The van der Waals surface area contributed by atoms with Gasteiger partial charge in [-0.3, -0.25) is 9.69 Å². The molecule has 0 saturated carbocycles. The van der Waals surface area contributed by atoms with E-state index in [0.29, 0.717) is 13.1 Å². The van der Waals surface area contributed by atoms with Crippen molar-refractivity contribution in [1.29, 1.82) is 0 Å². The number of nitrogens with one attached hydrogen (secondary N) is 1. The number of rotatable bonds is 6. The molecule has 2 aliphatic rings. The summed E-state index contributed by atoms with van der Waals surface area (Å²) in [5, 5.41) is 2.95. The van der Waals surface area contributed by atoms with Gasteiger partial charge in [0.15, 0.2) is 0 Å². The molecule has 2 saturated heterocycles. The number of sulfonamides is 1. The topological polar surface area (TPSA) is 73.0 Å². The average Bonchev–Trinajstić information content (AvgIpc) is 3.29. The van der Waals surface area contributed by atoms with E-state index in [9.17, 15) is 17.6 Å². The Morgan fingerprint density at radius 2 is 1.62 bits per heavy atom. The molecule has 0 atom stereocenters. The maximum absolute atomic E-state index is 13.1. The number of benzene rings is 2. The molecule has 0 spiro atoms. The molecule has 9 heteroatoms. The molecule has 1 N–H and O–H groups in total. The van der Waals surface area contributed by atoms with Gasteiger partial charge in [0.05, 0.1) is 11.4 Å². The lowest BCUT2D eigenvalue weighted by Crippen LogP contribution is -2.50. The lowest BCUT2D eigenvalue weighted by Gasteiger charge is -2.33. The summed E-state index contributed by atoms with van der Waals surface area (Å²) >= 11 is 0. The van der Waals surface area contributed by atoms with Crippen LogP contribution in [-0.4, -0.2) is 69.3 Å². The van der Waals surface area contributed by atoms with Gasteiger partial charge in [0.25, 0.3) is 0 Å². The third-order valence-corrected chi connectivity index (χ3v) is 7.99.